The number of nitrogens with one attached hydrogen (secondary N) is 1. The lowest BCUT2D eigenvalue weighted by molar-refractivity contribution is -0.145. The Morgan fingerprint density at radius 3 is 2.78 bits per heavy atom. The summed E-state index contributed by atoms with van der Waals surface area (Å²) in [5.74, 6) is -0.361. The second kappa shape index (κ2) is 8.17. The molecule has 23 heavy (non-hydrogen) atoms. The zero-order valence-electron chi connectivity index (χ0n) is 13.1. The molecule has 0 saturated carbocycles. The average Bonchev–Trinajstić information content (AvgIpc) is 3.08. The van der Waals surface area contributed by atoms with Crippen LogP contribution in [-0.2, 0) is 25.5 Å². The van der Waals surface area contributed by atoms with Crippen LogP contribution in [0.2, 0.25) is 5.02 Å². The number of hydrogen-bond acceptors (Lipinski definition) is 5. The fraction of sp³-hybridized carbons (Fsp3) is 0.500. The molecule has 1 N–H and O–H groups in total. The third-order valence-electron chi connectivity index (χ3n) is 3.76. The van der Waals surface area contributed by atoms with Crippen LogP contribution in [-0.4, -0.2) is 45.4 Å². The molecule has 0 unspecified atom stereocenters. The molecule has 2 rings (SSSR count). The Morgan fingerprint density at radius 1 is 1.43 bits per heavy atom. The lowest BCUT2D eigenvalue weighted by atomic mass is 10.0. The van der Waals surface area contributed by atoms with Gasteiger partial charge in [-0.3, -0.25) is 4.79 Å². The first-order valence-corrected chi connectivity index (χ1v) is 7.71. The molecule has 0 bridgehead atoms. The van der Waals surface area contributed by atoms with E-state index in [4.69, 9.17) is 25.8 Å². The highest BCUT2D eigenvalue weighted by atomic mass is 35.5. The van der Waals surface area contributed by atoms with Crippen LogP contribution in [0.1, 0.15) is 12.0 Å². The summed E-state index contributed by atoms with van der Waals surface area (Å²) in [6.07, 6.45) is 0.948. The third kappa shape index (κ3) is 4.59. The lowest BCUT2D eigenvalue weighted by Crippen LogP contribution is -2.45. The van der Waals surface area contributed by atoms with E-state index in [2.05, 4.69) is 5.32 Å². The maximum Gasteiger partial charge on any atom is 0.328 e. The van der Waals surface area contributed by atoms with E-state index in [0.717, 1.165) is 5.56 Å². The van der Waals surface area contributed by atoms with Gasteiger partial charge in [0.1, 0.15) is 11.8 Å². The van der Waals surface area contributed by atoms with Crippen molar-refractivity contribution in [1.82, 2.24) is 5.32 Å². The summed E-state index contributed by atoms with van der Waals surface area (Å²) in [5, 5.41) is 3.19. The zero-order valence-corrected chi connectivity index (χ0v) is 13.9. The number of benzene rings is 1. The minimum atomic E-state index is -0.766. The number of ether oxygens (including phenoxy) is 3. The molecule has 6 nitrogen and oxygen atoms in total. The van der Waals surface area contributed by atoms with Gasteiger partial charge in [-0.15, -0.1) is 0 Å². The predicted octanol–water partition coefficient (Wildman–Crippen LogP) is 1.59. The summed E-state index contributed by atoms with van der Waals surface area (Å²) in [6, 6.07) is 4.46. The summed E-state index contributed by atoms with van der Waals surface area (Å²) >= 11 is 6.09. The average molecular weight is 342 g/mol. The van der Waals surface area contributed by atoms with Crippen molar-refractivity contribution in [3.63, 3.8) is 0 Å². The van der Waals surface area contributed by atoms with Gasteiger partial charge in [-0.2, -0.15) is 0 Å². The fourth-order valence-electron chi connectivity index (χ4n) is 2.44. The van der Waals surface area contributed by atoms with E-state index < -0.39 is 12.0 Å². The molecule has 1 fully saturated rings. The number of carbonyl (C=O) groups excluding carboxylic acids is 2. The minimum absolute atomic E-state index is 0.197. The van der Waals surface area contributed by atoms with Gasteiger partial charge < -0.3 is 19.5 Å². The van der Waals surface area contributed by atoms with E-state index >= 15 is 0 Å². The summed E-state index contributed by atoms with van der Waals surface area (Å²) in [7, 11) is 2.82. The topological polar surface area (TPSA) is 73.9 Å². The van der Waals surface area contributed by atoms with Gasteiger partial charge in [0, 0.05) is 13.0 Å². The van der Waals surface area contributed by atoms with Gasteiger partial charge in [0.15, 0.2) is 0 Å². The summed E-state index contributed by atoms with van der Waals surface area (Å²) in [6.45, 7) is 0.948. The zero-order chi connectivity index (χ0) is 16.8. The van der Waals surface area contributed by atoms with Crippen molar-refractivity contribution in [2.45, 2.75) is 18.9 Å². The molecule has 1 heterocycles. The molecular weight excluding hydrogens is 322 g/mol. The largest absolute Gasteiger partial charge is 0.495 e. The number of halogens is 1. The molecular formula is C16H20ClNO5. The first-order valence-electron chi connectivity index (χ1n) is 7.33. The van der Waals surface area contributed by atoms with Gasteiger partial charge in [0.2, 0.25) is 5.91 Å². The Bertz CT molecular complexity index is 572. The van der Waals surface area contributed by atoms with Crippen molar-refractivity contribution in [3.8, 4) is 5.75 Å². The first kappa shape index (κ1) is 17.6. The number of esters is 1. The number of hydrogen-bond donors (Lipinski definition) is 1. The standard InChI is InChI=1S/C16H20ClNO5/c1-21-14-4-3-10(7-12(14)17)8-13(16(20)22-2)18-15(19)11-5-6-23-9-11/h3-4,7,11,13H,5-6,8-9H2,1-2H3,(H,18,19)/t11-,13-/m0/s1. The molecule has 1 aromatic rings. The van der Waals surface area contributed by atoms with E-state index in [9.17, 15) is 9.59 Å². The SMILES string of the molecule is COC(=O)[C@H](Cc1ccc(OC)c(Cl)c1)NC(=O)[C@H]1CCOC1. The Balaban J connectivity index is 2.07. The van der Waals surface area contributed by atoms with E-state index in [1.54, 1.807) is 18.2 Å². The highest BCUT2D eigenvalue weighted by molar-refractivity contribution is 6.32. The van der Waals surface area contributed by atoms with Crippen LogP contribution in [0.25, 0.3) is 0 Å². The summed E-state index contributed by atoms with van der Waals surface area (Å²) < 4.78 is 15.1. The lowest BCUT2D eigenvalue weighted by Gasteiger charge is -2.19. The van der Waals surface area contributed by atoms with Crippen LogP contribution in [0.3, 0.4) is 0 Å². The molecule has 1 aliphatic heterocycles. The fourth-order valence-corrected chi connectivity index (χ4v) is 2.72. The quantitative estimate of drug-likeness (QED) is 0.795. The Morgan fingerprint density at radius 2 is 2.22 bits per heavy atom. The van der Waals surface area contributed by atoms with Gasteiger partial charge in [-0.05, 0) is 24.1 Å². The second-order valence-electron chi connectivity index (χ2n) is 5.32. The highest BCUT2D eigenvalue weighted by Crippen LogP contribution is 2.25. The molecule has 1 saturated heterocycles. The van der Waals surface area contributed by atoms with Crippen LogP contribution in [0.4, 0.5) is 0 Å². The van der Waals surface area contributed by atoms with E-state index in [0.29, 0.717) is 30.4 Å². The smallest absolute Gasteiger partial charge is 0.328 e. The third-order valence-corrected chi connectivity index (χ3v) is 4.05. The molecule has 1 amide bonds. The van der Waals surface area contributed by atoms with Gasteiger partial charge in [0.25, 0.3) is 0 Å². The minimum Gasteiger partial charge on any atom is -0.495 e. The molecule has 1 aromatic carbocycles. The second-order valence-corrected chi connectivity index (χ2v) is 5.73. The van der Waals surface area contributed by atoms with Crippen molar-refractivity contribution in [1.29, 1.82) is 0 Å². The van der Waals surface area contributed by atoms with Crippen molar-refractivity contribution in [2.75, 3.05) is 27.4 Å². The number of carbonyl (C=O) groups is 2. The van der Waals surface area contributed by atoms with Gasteiger partial charge in [-0.1, -0.05) is 17.7 Å². The van der Waals surface area contributed by atoms with Crippen molar-refractivity contribution >= 4 is 23.5 Å². The molecule has 126 valence electrons. The van der Waals surface area contributed by atoms with E-state index in [1.807, 2.05) is 0 Å². The van der Waals surface area contributed by atoms with Crippen LogP contribution in [0.15, 0.2) is 18.2 Å². The number of rotatable bonds is 6. The number of amides is 1. The molecule has 2 atom stereocenters. The van der Waals surface area contributed by atoms with Crippen LogP contribution in [0.5, 0.6) is 5.75 Å². The van der Waals surface area contributed by atoms with Gasteiger partial charge in [0.05, 0.1) is 31.8 Å². The normalized spacial score (nSPS) is 18.3. The molecule has 0 aromatic heterocycles. The summed E-state index contributed by atoms with van der Waals surface area (Å²) in [4.78, 5) is 24.1. The van der Waals surface area contributed by atoms with Crippen molar-refractivity contribution in [3.05, 3.63) is 28.8 Å². The Kier molecular flexibility index (Phi) is 6.24. The monoisotopic (exact) mass is 341 g/mol. The van der Waals surface area contributed by atoms with Gasteiger partial charge in [-0.25, -0.2) is 4.79 Å². The van der Waals surface area contributed by atoms with Crippen LogP contribution >= 0.6 is 11.6 Å². The van der Waals surface area contributed by atoms with Crippen LogP contribution in [0, 0.1) is 5.92 Å². The predicted molar refractivity (Wildman–Crippen MR) is 84.6 cm³/mol. The van der Waals surface area contributed by atoms with Crippen LogP contribution < -0.4 is 10.1 Å². The number of methoxy groups -OCH3 is 2. The highest BCUT2D eigenvalue weighted by Gasteiger charge is 2.28. The summed E-state index contributed by atoms with van der Waals surface area (Å²) in [5.41, 5.74) is 0.800. The molecule has 7 heteroatoms. The Hall–Kier alpha value is -1.79. The maximum absolute atomic E-state index is 12.2. The molecule has 0 aliphatic carbocycles. The van der Waals surface area contributed by atoms with Gasteiger partial charge >= 0.3 is 5.97 Å². The van der Waals surface area contributed by atoms with E-state index in [1.165, 1.54) is 14.2 Å². The first-order chi connectivity index (χ1) is 11.0. The molecule has 0 radical (unpaired) electrons. The molecule has 1 aliphatic rings. The van der Waals surface area contributed by atoms with Crippen molar-refractivity contribution < 1.29 is 23.8 Å². The maximum atomic E-state index is 12.2. The van der Waals surface area contributed by atoms with E-state index in [-0.39, 0.29) is 18.2 Å². The molecule has 0 spiro atoms. The van der Waals surface area contributed by atoms with Crippen molar-refractivity contribution in [2.24, 2.45) is 5.92 Å². The Labute approximate surface area is 140 Å².